The first-order valence-corrected chi connectivity index (χ1v) is 9.50. The molecule has 1 fully saturated rings. The molecule has 2 heteroatoms. The molecule has 0 aromatic rings. The highest BCUT2D eigenvalue weighted by molar-refractivity contribution is 5.10. The SMILES string of the molecule is C#CCN1CCN(C/C(=C/CC=C(C)C)CC)C(C)(C)CC(C)C1. The van der Waals surface area contributed by atoms with Crippen molar-refractivity contribution >= 4 is 0 Å². The van der Waals surface area contributed by atoms with Crippen LogP contribution in [0.25, 0.3) is 0 Å². The van der Waals surface area contributed by atoms with E-state index in [0.717, 1.165) is 45.6 Å². The van der Waals surface area contributed by atoms with E-state index in [2.05, 4.69) is 69.4 Å². The van der Waals surface area contributed by atoms with E-state index in [1.807, 2.05) is 0 Å². The van der Waals surface area contributed by atoms with Crippen molar-refractivity contribution in [3.8, 4) is 12.3 Å². The third kappa shape index (κ3) is 7.24. The lowest BCUT2D eigenvalue weighted by atomic mass is 9.87. The van der Waals surface area contributed by atoms with Gasteiger partial charge in [0, 0.05) is 31.7 Å². The van der Waals surface area contributed by atoms with Crippen molar-refractivity contribution in [3.05, 3.63) is 23.3 Å². The Kier molecular flexibility index (Phi) is 8.81. The van der Waals surface area contributed by atoms with Crippen molar-refractivity contribution in [2.45, 2.75) is 66.3 Å². The molecule has 0 amide bonds. The highest BCUT2D eigenvalue weighted by atomic mass is 15.2. The van der Waals surface area contributed by atoms with Gasteiger partial charge in [0.15, 0.2) is 0 Å². The Bertz CT molecular complexity index is 475. The van der Waals surface area contributed by atoms with E-state index >= 15 is 0 Å². The summed E-state index contributed by atoms with van der Waals surface area (Å²) in [6.07, 6.45) is 13.7. The van der Waals surface area contributed by atoms with Crippen LogP contribution in [-0.4, -0.2) is 48.1 Å². The van der Waals surface area contributed by atoms with Gasteiger partial charge >= 0.3 is 0 Å². The van der Waals surface area contributed by atoms with Crippen LogP contribution in [0.4, 0.5) is 0 Å². The molecule has 0 aromatic heterocycles. The van der Waals surface area contributed by atoms with E-state index in [9.17, 15) is 0 Å². The molecule has 1 rings (SSSR count). The minimum absolute atomic E-state index is 0.242. The second kappa shape index (κ2) is 10.1. The highest BCUT2D eigenvalue weighted by Crippen LogP contribution is 2.27. The molecule has 1 atom stereocenters. The molecule has 0 radical (unpaired) electrons. The predicted octanol–water partition coefficient (Wildman–Crippen LogP) is 4.73. The quantitative estimate of drug-likeness (QED) is 0.513. The van der Waals surface area contributed by atoms with E-state index < -0.39 is 0 Å². The molecule has 0 spiro atoms. The molecular formula is C22H38N2. The Balaban J connectivity index is 2.83. The molecule has 136 valence electrons. The standard InChI is InChI=1S/C22H38N2/c1-8-13-23-14-15-24(22(6,7)16-20(5)17-23)18-21(9-2)12-10-11-19(3)4/h1,11-12,20H,9-10,13-18H2,2-7H3/b21-12+. The number of terminal acetylenes is 1. The average molecular weight is 331 g/mol. The lowest BCUT2D eigenvalue weighted by Gasteiger charge is -2.44. The van der Waals surface area contributed by atoms with Crippen LogP contribution in [-0.2, 0) is 0 Å². The molecule has 0 saturated carbocycles. The zero-order chi connectivity index (χ0) is 18.2. The zero-order valence-corrected chi connectivity index (χ0v) is 16.9. The van der Waals surface area contributed by atoms with Gasteiger partial charge in [-0.25, -0.2) is 0 Å². The minimum atomic E-state index is 0.242. The van der Waals surface area contributed by atoms with Crippen molar-refractivity contribution in [2.75, 3.05) is 32.7 Å². The number of hydrogen-bond acceptors (Lipinski definition) is 2. The number of allylic oxidation sites excluding steroid dienone is 3. The van der Waals surface area contributed by atoms with E-state index in [1.165, 1.54) is 12.0 Å². The minimum Gasteiger partial charge on any atom is -0.293 e. The molecule has 1 aliphatic rings. The van der Waals surface area contributed by atoms with Crippen LogP contribution in [0.5, 0.6) is 0 Å². The van der Waals surface area contributed by atoms with Crippen LogP contribution < -0.4 is 0 Å². The monoisotopic (exact) mass is 330 g/mol. The van der Waals surface area contributed by atoms with Crippen molar-refractivity contribution in [2.24, 2.45) is 5.92 Å². The Labute approximate surface area is 151 Å². The van der Waals surface area contributed by atoms with E-state index in [1.54, 1.807) is 5.57 Å². The summed E-state index contributed by atoms with van der Waals surface area (Å²) < 4.78 is 0. The maximum atomic E-state index is 5.54. The second-order valence-corrected chi connectivity index (χ2v) is 8.22. The summed E-state index contributed by atoms with van der Waals surface area (Å²) in [5, 5.41) is 0. The van der Waals surface area contributed by atoms with Crippen LogP contribution in [0.15, 0.2) is 23.3 Å². The maximum absolute atomic E-state index is 5.54. The summed E-state index contributed by atoms with van der Waals surface area (Å²) in [7, 11) is 0. The van der Waals surface area contributed by atoms with E-state index in [4.69, 9.17) is 6.42 Å². The Morgan fingerprint density at radius 2 is 1.96 bits per heavy atom. The van der Waals surface area contributed by atoms with Gasteiger partial charge in [-0.05, 0) is 52.9 Å². The van der Waals surface area contributed by atoms with Crippen LogP contribution in [0.1, 0.15) is 60.8 Å². The topological polar surface area (TPSA) is 6.48 Å². The van der Waals surface area contributed by atoms with E-state index in [-0.39, 0.29) is 5.54 Å². The first-order valence-electron chi connectivity index (χ1n) is 9.50. The van der Waals surface area contributed by atoms with Crippen LogP contribution in [0.2, 0.25) is 0 Å². The number of nitrogens with zero attached hydrogens (tertiary/aromatic N) is 2. The van der Waals surface area contributed by atoms with Gasteiger partial charge in [-0.3, -0.25) is 9.80 Å². The number of rotatable bonds is 6. The number of hydrogen-bond donors (Lipinski definition) is 0. The van der Waals surface area contributed by atoms with Crippen LogP contribution in [0.3, 0.4) is 0 Å². The van der Waals surface area contributed by atoms with Gasteiger partial charge in [0.25, 0.3) is 0 Å². The van der Waals surface area contributed by atoms with Gasteiger partial charge < -0.3 is 0 Å². The van der Waals surface area contributed by atoms with E-state index in [0.29, 0.717) is 5.92 Å². The van der Waals surface area contributed by atoms with Gasteiger partial charge in [-0.15, -0.1) is 6.42 Å². The Hall–Kier alpha value is -1.04. The maximum Gasteiger partial charge on any atom is 0.0599 e. The predicted molar refractivity (Wildman–Crippen MR) is 107 cm³/mol. The second-order valence-electron chi connectivity index (χ2n) is 8.22. The van der Waals surface area contributed by atoms with Crippen molar-refractivity contribution < 1.29 is 0 Å². The van der Waals surface area contributed by atoms with Gasteiger partial charge in [0.2, 0.25) is 0 Å². The third-order valence-electron chi connectivity index (χ3n) is 5.06. The van der Waals surface area contributed by atoms with Crippen molar-refractivity contribution in [1.29, 1.82) is 0 Å². The highest BCUT2D eigenvalue weighted by Gasteiger charge is 2.31. The lowest BCUT2D eigenvalue weighted by molar-refractivity contribution is 0.0609. The van der Waals surface area contributed by atoms with Crippen molar-refractivity contribution in [3.63, 3.8) is 0 Å². The molecule has 2 nitrogen and oxygen atoms in total. The largest absolute Gasteiger partial charge is 0.293 e. The molecule has 1 unspecified atom stereocenters. The van der Waals surface area contributed by atoms with Gasteiger partial charge in [-0.1, -0.05) is 43.1 Å². The summed E-state index contributed by atoms with van der Waals surface area (Å²) in [5.41, 5.74) is 3.19. The molecule has 24 heavy (non-hydrogen) atoms. The normalized spacial score (nSPS) is 23.2. The molecule has 1 heterocycles. The molecule has 0 aliphatic carbocycles. The summed E-state index contributed by atoms with van der Waals surface area (Å²) >= 11 is 0. The summed E-state index contributed by atoms with van der Waals surface area (Å²) in [5.74, 6) is 3.50. The molecule has 0 aromatic carbocycles. The first kappa shape index (κ1) is 21.0. The van der Waals surface area contributed by atoms with Gasteiger partial charge in [0.1, 0.15) is 0 Å². The van der Waals surface area contributed by atoms with Gasteiger partial charge in [0.05, 0.1) is 6.54 Å². The zero-order valence-electron chi connectivity index (χ0n) is 16.9. The summed E-state index contributed by atoms with van der Waals surface area (Å²) in [6, 6.07) is 0. The lowest BCUT2D eigenvalue weighted by Crippen LogP contribution is -2.52. The molecule has 0 bridgehead atoms. The van der Waals surface area contributed by atoms with Crippen LogP contribution in [0, 0.1) is 18.3 Å². The fourth-order valence-corrected chi connectivity index (χ4v) is 3.74. The Morgan fingerprint density at radius 3 is 2.54 bits per heavy atom. The third-order valence-corrected chi connectivity index (χ3v) is 5.06. The van der Waals surface area contributed by atoms with Crippen molar-refractivity contribution in [1.82, 2.24) is 9.80 Å². The van der Waals surface area contributed by atoms with Crippen LogP contribution >= 0.6 is 0 Å². The molecular weight excluding hydrogens is 292 g/mol. The fraction of sp³-hybridized carbons (Fsp3) is 0.727. The molecule has 1 aliphatic heterocycles. The summed E-state index contributed by atoms with van der Waals surface area (Å²) in [6.45, 7) is 18.9. The smallest absolute Gasteiger partial charge is 0.0599 e. The Morgan fingerprint density at radius 1 is 1.25 bits per heavy atom. The van der Waals surface area contributed by atoms with Gasteiger partial charge in [-0.2, -0.15) is 0 Å². The first-order chi connectivity index (χ1) is 11.3. The summed E-state index contributed by atoms with van der Waals surface area (Å²) in [4.78, 5) is 5.11. The molecule has 1 saturated heterocycles. The molecule has 0 N–H and O–H groups in total. The fourth-order valence-electron chi connectivity index (χ4n) is 3.74. The average Bonchev–Trinajstić information content (AvgIpc) is 2.47.